The van der Waals surface area contributed by atoms with Crippen molar-refractivity contribution in [3.63, 3.8) is 0 Å². The number of aromatic nitrogens is 1. The number of benzene rings is 3. The molecule has 0 bridgehead atoms. The lowest BCUT2D eigenvalue weighted by molar-refractivity contribution is 0.0697. The molecule has 0 aliphatic heterocycles. The number of hydrogen-bond donors (Lipinski definition) is 3. The standard InChI is InChI=1S/C25H22N2O3/c28-24-21(13-12-19-7-4-15-26-23(19)24)22(18-5-2-1-3-6-18)27-16-14-17-8-10-20(11-9-17)25(29)30/h1-13,15,22,27-28H,14,16H2,(H,29,30). The normalized spacial score (nSPS) is 12.0. The van der Waals surface area contributed by atoms with Crippen LogP contribution in [0.3, 0.4) is 0 Å². The summed E-state index contributed by atoms with van der Waals surface area (Å²) in [7, 11) is 0. The first-order valence-corrected chi connectivity index (χ1v) is 9.80. The Morgan fingerprint density at radius 1 is 0.933 bits per heavy atom. The van der Waals surface area contributed by atoms with Crippen LogP contribution in [0, 0.1) is 0 Å². The third-order valence-electron chi connectivity index (χ3n) is 5.19. The average Bonchev–Trinajstić information content (AvgIpc) is 2.79. The van der Waals surface area contributed by atoms with Crippen LogP contribution in [0.25, 0.3) is 10.9 Å². The highest BCUT2D eigenvalue weighted by Crippen LogP contribution is 2.34. The number of fused-ring (bicyclic) bond motifs is 1. The van der Waals surface area contributed by atoms with Crippen molar-refractivity contribution in [3.05, 3.63) is 107 Å². The first-order chi connectivity index (χ1) is 14.6. The molecular weight excluding hydrogens is 376 g/mol. The van der Waals surface area contributed by atoms with Gasteiger partial charge in [-0.05, 0) is 35.7 Å². The highest BCUT2D eigenvalue weighted by molar-refractivity contribution is 5.87. The number of aromatic carboxylic acids is 1. The maximum atomic E-state index is 11.0. The van der Waals surface area contributed by atoms with Gasteiger partial charge in [-0.15, -0.1) is 0 Å². The molecule has 0 aliphatic carbocycles. The molecule has 0 amide bonds. The van der Waals surface area contributed by atoms with Crippen LogP contribution in [0.15, 0.2) is 85.1 Å². The van der Waals surface area contributed by atoms with Crippen LogP contribution in [0.2, 0.25) is 0 Å². The third kappa shape index (κ3) is 4.16. The number of carboxylic acids is 1. The Balaban J connectivity index is 1.58. The SMILES string of the molecule is O=C(O)c1ccc(CCNC(c2ccccc2)c2ccc3cccnc3c2O)cc1. The smallest absolute Gasteiger partial charge is 0.335 e. The second-order valence-corrected chi connectivity index (χ2v) is 7.13. The van der Waals surface area contributed by atoms with E-state index in [1.165, 1.54) is 0 Å². The van der Waals surface area contributed by atoms with Gasteiger partial charge in [0.25, 0.3) is 0 Å². The van der Waals surface area contributed by atoms with Gasteiger partial charge in [0, 0.05) is 23.7 Å². The van der Waals surface area contributed by atoms with E-state index in [1.54, 1.807) is 18.3 Å². The summed E-state index contributed by atoms with van der Waals surface area (Å²) in [6, 6.07) is 24.4. The lowest BCUT2D eigenvalue weighted by atomic mass is 9.96. The monoisotopic (exact) mass is 398 g/mol. The van der Waals surface area contributed by atoms with Gasteiger partial charge in [0.15, 0.2) is 0 Å². The second kappa shape index (κ2) is 8.76. The summed E-state index contributed by atoms with van der Waals surface area (Å²) in [5, 5.41) is 24.4. The maximum Gasteiger partial charge on any atom is 0.335 e. The number of pyridine rings is 1. The van der Waals surface area contributed by atoms with Gasteiger partial charge in [-0.3, -0.25) is 4.98 Å². The van der Waals surface area contributed by atoms with Gasteiger partial charge in [0.05, 0.1) is 11.6 Å². The number of rotatable bonds is 7. The number of carboxylic acid groups (broad SMARTS) is 1. The molecule has 30 heavy (non-hydrogen) atoms. The third-order valence-corrected chi connectivity index (χ3v) is 5.19. The van der Waals surface area contributed by atoms with Crippen molar-refractivity contribution in [1.29, 1.82) is 0 Å². The summed E-state index contributed by atoms with van der Waals surface area (Å²) in [6.07, 6.45) is 2.41. The van der Waals surface area contributed by atoms with Crippen LogP contribution in [0.1, 0.15) is 33.1 Å². The minimum absolute atomic E-state index is 0.181. The Kier molecular flexibility index (Phi) is 5.72. The molecule has 3 aromatic carbocycles. The number of phenolic OH excluding ortho intramolecular Hbond substituents is 1. The Hall–Kier alpha value is -3.70. The zero-order valence-electron chi connectivity index (χ0n) is 16.3. The Morgan fingerprint density at radius 2 is 1.70 bits per heavy atom. The molecule has 3 N–H and O–H groups in total. The molecule has 0 fully saturated rings. The van der Waals surface area contributed by atoms with Crippen molar-refractivity contribution >= 4 is 16.9 Å². The fourth-order valence-electron chi connectivity index (χ4n) is 3.61. The number of phenols is 1. The fraction of sp³-hybridized carbons (Fsp3) is 0.120. The molecule has 1 unspecified atom stereocenters. The van der Waals surface area contributed by atoms with E-state index in [4.69, 9.17) is 5.11 Å². The van der Waals surface area contributed by atoms with Crippen LogP contribution in [-0.4, -0.2) is 27.7 Å². The van der Waals surface area contributed by atoms with Gasteiger partial charge in [-0.2, -0.15) is 0 Å². The van der Waals surface area contributed by atoms with E-state index in [-0.39, 0.29) is 17.4 Å². The Labute approximate surface area is 174 Å². The zero-order valence-corrected chi connectivity index (χ0v) is 16.3. The summed E-state index contributed by atoms with van der Waals surface area (Å²) >= 11 is 0. The van der Waals surface area contributed by atoms with Gasteiger partial charge >= 0.3 is 5.97 Å². The van der Waals surface area contributed by atoms with Crippen molar-refractivity contribution in [2.45, 2.75) is 12.5 Å². The molecule has 0 radical (unpaired) electrons. The molecule has 1 atom stereocenters. The van der Waals surface area contributed by atoms with E-state index in [0.717, 1.165) is 28.5 Å². The minimum Gasteiger partial charge on any atom is -0.505 e. The molecule has 5 nitrogen and oxygen atoms in total. The maximum absolute atomic E-state index is 11.0. The van der Waals surface area contributed by atoms with Crippen molar-refractivity contribution in [2.24, 2.45) is 0 Å². The lowest BCUT2D eigenvalue weighted by Crippen LogP contribution is -2.25. The molecule has 4 rings (SSSR count). The minimum atomic E-state index is -0.927. The van der Waals surface area contributed by atoms with Gasteiger partial charge in [-0.1, -0.05) is 60.7 Å². The molecule has 1 aromatic heterocycles. The molecule has 0 saturated heterocycles. The van der Waals surface area contributed by atoms with E-state index >= 15 is 0 Å². The molecule has 0 aliphatic rings. The number of hydrogen-bond acceptors (Lipinski definition) is 4. The van der Waals surface area contributed by atoms with Crippen LogP contribution < -0.4 is 5.32 Å². The van der Waals surface area contributed by atoms with Crippen molar-refractivity contribution in [3.8, 4) is 5.75 Å². The quantitative estimate of drug-likeness (QED) is 0.425. The number of aromatic hydroxyl groups is 1. The van der Waals surface area contributed by atoms with Gasteiger partial charge in [-0.25, -0.2) is 4.79 Å². The molecule has 1 heterocycles. The Bertz CT molecular complexity index is 1160. The predicted octanol–water partition coefficient (Wildman–Crippen LogP) is 4.56. The van der Waals surface area contributed by atoms with Gasteiger partial charge in [0.1, 0.15) is 11.3 Å². The summed E-state index contributed by atoms with van der Waals surface area (Å²) in [6.45, 7) is 0.658. The predicted molar refractivity (Wildman–Crippen MR) is 117 cm³/mol. The molecular formula is C25H22N2O3. The first kappa shape index (κ1) is 19.6. The van der Waals surface area contributed by atoms with Crippen LogP contribution in [0.5, 0.6) is 5.75 Å². The zero-order chi connectivity index (χ0) is 20.9. The second-order valence-electron chi connectivity index (χ2n) is 7.13. The summed E-state index contributed by atoms with van der Waals surface area (Å²) in [5.41, 5.74) is 3.73. The lowest BCUT2D eigenvalue weighted by Gasteiger charge is -2.21. The first-order valence-electron chi connectivity index (χ1n) is 9.80. The molecule has 150 valence electrons. The molecule has 0 spiro atoms. The highest BCUT2D eigenvalue weighted by atomic mass is 16.4. The van der Waals surface area contributed by atoms with E-state index in [2.05, 4.69) is 10.3 Å². The van der Waals surface area contributed by atoms with E-state index in [0.29, 0.717) is 12.1 Å². The largest absolute Gasteiger partial charge is 0.505 e. The van der Waals surface area contributed by atoms with Gasteiger partial charge in [0.2, 0.25) is 0 Å². The Morgan fingerprint density at radius 3 is 2.43 bits per heavy atom. The van der Waals surface area contributed by atoms with Gasteiger partial charge < -0.3 is 15.5 Å². The topological polar surface area (TPSA) is 82.5 Å². The van der Waals surface area contributed by atoms with E-state index in [9.17, 15) is 9.90 Å². The highest BCUT2D eigenvalue weighted by Gasteiger charge is 2.19. The fourth-order valence-corrected chi connectivity index (χ4v) is 3.61. The van der Waals surface area contributed by atoms with Crippen molar-refractivity contribution in [2.75, 3.05) is 6.54 Å². The average molecular weight is 398 g/mol. The number of carbonyl (C=O) groups is 1. The van der Waals surface area contributed by atoms with E-state index in [1.807, 2.05) is 66.7 Å². The van der Waals surface area contributed by atoms with Crippen molar-refractivity contribution < 1.29 is 15.0 Å². The van der Waals surface area contributed by atoms with Crippen molar-refractivity contribution in [1.82, 2.24) is 10.3 Å². The number of nitrogens with one attached hydrogen (secondary N) is 1. The summed E-state index contributed by atoms with van der Waals surface area (Å²) < 4.78 is 0. The van der Waals surface area contributed by atoms with Crippen LogP contribution in [-0.2, 0) is 6.42 Å². The molecule has 4 aromatic rings. The van der Waals surface area contributed by atoms with E-state index < -0.39 is 5.97 Å². The molecule has 5 heteroatoms. The summed E-state index contributed by atoms with van der Waals surface area (Å²) in [4.78, 5) is 15.4. The summed E-state index contributed by atoms with van der Waals surface area (Å²) in [5.74, 6) is -0.746. The number of nitrogens with zero attached hydrogens (tertiary/aromatic N) is 1. The van der Waals surface area contributed by atoms with Crippen LogP contribution >= 0.6 is 0 Å². The molecule has 0 saturated carbocycles. The van der Waals surface area contributed by atoms with Crippen LogP contribution in [0.4, 0.5) is 0 Å².